The van der Waals surface area contributed by atoms with Crippen LogP contribution in [0.2, 0.25) is 0 Å². The number of benzene rings is 1. The minimum absolute atomic E-state index is 0.119. The predicted molar refractivity (Wildman–Crippen MR) is 127 cm³/mol. The highest BCUT2D eigenvalue weighted by atomic mass is 16.2. The van der Waals surface area contributed by atoms with Crippen molar-refractivity contribution >= 4 is 34.9 Å². The fourth-order valence-electron chi connectivity index (χ4n) is 5.83. The summed E-state index contributed by atoms with van der Waals surface area (Å²) in [5, 5.41) is 2.36. The number of nitrogens with one attached hydrogen (secondary N) is 1. The van der Waals surface area contributed by atoms with Crippen LogP contribution in [0.15, 0.2) is 36.5 Å². The van der Waals surface area contributed by atoms with Crippen LogP contribution in [0, 0.1) is 5.41 Å². The number of carbonyl (C=O) groups is 3. The van der Waals surface area contributed by atoms with E-state index in [1.165, 1.54) is 0 Å². The fraction of sp³-hybridized carbons (Fsp3) is 0.440. The van der Waals surface area contributed by atoms with Crippen LogP contribution in [0.3, 0.4) is 0 Å². The molecule has 9 heteroatoms. The Balaban J connectivity index is 1.09. The van der Waals surface area contributed by atoms with Crippen LogP contribution in [0.5, 0.6) is 0 Å². The molecule has 3 fully saturated rings. The summed E-state index contributed by atoms with van der Waals surface area (Å²) >= 11 is 0. The summed E-state index contributed by atoms with van der Waals surface area (Å²) in [6.07, 6.45) is 4.75. The lowest BCUT2D eigenvalue weighted by Crippen LogP contribution is -2.60. The number of hydrogen-bond donors (Lipinski definition) is 2. The molecule has 9 nitrogen and oxygen atoms in total. The second-order valence-electron chi connectivity index (χ2n) is 10.0. The number of nitrogens with zero attached hydrogens (tertiary/aromatic N) is 4. The van der Waals surface area contributed by atoms with E-state index >= 15 is 0 Å². The lowest BCUT2D eigenvalue weighted by molar-refractivity contribution is -0.136. The number of aromatic nitrogens is 1. The summed E-state index contributed by atoms with van der Waals surface area (Å²) in [5.41, 5.74) is 9.83. The third-order valence-electron chi connectivity index (χ3n) is 7.89. The van der Waals surface area contributed by atoms with Crippen LogP contribution in [-0.2, 0) is 16.1 Å². The van der Waals surface area contributed by atoms with E-state index in [0.29, 0.717) is 29.8 Å². The summed E-state index contributed by atoms with van der Waals surface area (Å²) in [5.74, 6) is -0.217. The number of carbonyl (C=O) groups excluding carboxylic acids is 3. The normalized spacial score (nSPS) is 23.7. The number of nitrogens with two attached hydrogens (primary N) is 1. The second-order valence-corrected chi connectivity index (χ2v) is 10.0. The molecular formula is C25H28N6O3. The molecule has 1 spiro atoms. The van der Waals surface area contributed by atoms with Crippen LogP contribution < -0.4 is 20.9 Å². The zero-order chi connectivity index (χ0) is 23.4. The van der Waals surface area contributed by atoms with E-state index in [9.17, 15) is 14.4 Å². The Morgan fingerprint density at radius 3 is 2.47 bits per heavy atom. The van der Waals surface area contributed by atoms with E-state index in [1.807, 2.05) is 30.5 Å². The number of amides is 3. The first-order valence-electron chi connectivity index (χ1n) is 11.9. The molecule has 0 aliphatic carbocycles. The van der Waals surface area contributed by atoms with Crippen LogP contribution in [-0.4, -0.2) is 59.8 Å². The van der Waals surface area contributed by atoms with Gasteiger partial charge in [-0.15, -0.1) is 0 Å². The Labute approximate surface area is 197 Å². The number of nitrogen functional groups attached to an aromatic ring is 1. The molecule has 34 heavy (non-hydrogen) atoms. The molecule has 0 saturated carbocycles. The Morgan fingerprint density at radius 1 is 1.00 bits per heavy atom. The molecule has 176 valence electrons. The van der Waals surface area contributed by atoms with E-state index in [2.05, 4.69) is 26.2 Å². The van der Waals surface area contributed by atoms with Gasteiger partial charge in [0.25, 0.3) is 5.91 Å². The molecule has 1 aromatic heterocycles. The standard InChI is InChI=1S/C25H28N6O3/c26-21-5-3-18(12-27-21)29-9-7-25(8-10-29)14-30(15-25)17-2-1-16-13-31(24(34)19(16)11-17)20-4-6-22(32)28-23(20)33/h1-3,5,11-12,20H,4,6-10,13-15H2,(H2,26,27)(H,28,32,33). The van der Waals surface area contributed by atoms with Gasteiger partial charge in [0, 0.05) is 55.8 Å². The van der Waals surface area contributed by atoms with Gasteiger partial charge in [-0.25, -0.2) is 4.98 Å². The van der Waals surface area contributed by atoms with Crippen LogP contribution in [0.4, 0.5) is 17.2 Å². The molecule has 4 aliphatic rings. The molecule has 3 amide bonds. The number of anilines is 3. The topological polar surface area (TPSA) is 112 Å². The monoisotopic (exact) mass is 460 g/mol. The summed E-state index contributed by atoms with van der Waals surface area (Å²) in [7, 11) is 0. The molecule has 1 unspecified atom stereocenters. The van der Waals surface area contributed by atoms with Crippen molar-refractivity contribution in [2.75, 3.05) is 41.7 Å². The van der Waals surface area contributed by atoms with Gasteiger partial charge in [-0.2, -0.15) is 0 Å². The van der Waals surface area contributed by atoms with Gasteiger partial charge in [-0.05, 0) is 49.1 Å². The maximum atomic E-state index is 13.1. The molecule has 2 aromatic rings. The van der Waals surface area contributed by atoms with Gasteiger partial charge in [0.1, 0.15) is 11.9 Å². The highest BCUT2D eigenvalue weighted by Gasteiger charge is 2.46. The van der Waals surface area contributed by atoms with Crippen molar-refractivity contribution in [2.24, 2.45) is 5.41 Å². The van der Waals surface area contributed by atoms with E-state index in [0.717, 1.165) is 56.0 Å². The zero-order valence-corrected chi connectivity index (χ0v) is 19.0. The quantitative estimate of drug-likeness (QED) is 0.668. The Bertz CT molecular complexity index is 1160. The first kappa shape index (κ1) is 20.9. The van der Waals surface area contributed by atoms with Crippen LogP contribution in [0.25, 0.3) is 0 Å². The molecule has 3 N–H and O–H groups in total. The number of pyridine rings is 1. The van der Waals surface area contributed by atoms with Crippen LogP contribution in [0.1, 0.15) is 41.6 Å². The molecule has 5 heterocycles. The fourth-order valence-corrected chi connectivity index (χ4v) is 5.83. The lowest BCUT2D eigenvalue weighted by atomic mass is 9.71. The van der Waals surface area contributed by atoms with Gasteiger partial charge in [-0.1, -0.05) is 6.07 Å². The van der Waals surface area contributed by atoms with Crippen molar-refractivity contribution in [3.63, 3.8) is 0 Å². The third-order valence-corrected chi connectivity index (χ3v) is 7.89. The van der Waals surface area contributed by atoms with Crippen LogP contribution >= 0.6 is 0 Å². The Kier molecular flexibility index (Phi) is 4.75. The molecule has 0 bridgehead atoms. The maximum absolute atomic E-state index is 13.1. The number of piperidine rings is 2. The van der Waals surface area contributed by atoms with Crippen molar-refractivity contribution in [3.05, 3.63) is 47.7 Å². The highest BCUT2D eigenvalue weighted by molar-refractivity contribution is 6.05. The number of imide groups is 1. The molecule has 4 aliphatic heterocycles. The first-order valence-corrected chi connectivity index (χ1v) is 11.9. The van der Waals surface area contributed by atoms with Gasteiger partial charge in [0.2, 0.25) is 11.8 Å². The van der Waals surface area contributed by atoms with Crippen molar-refractivity contribution in [3.8, 4) is 0 Å². The SMILES string of the molecule is Nc1ccc(N2CCC3(CC2)CN(c2ccc4c(c2)C(=O)N(C2CCC(=O)NC2=O)C4)C3)cn1. The lowest BCUT2D eigenvalue weighted by Gasteiger charge is -2.55. The summed E-state index contributed by atoms with van der Waals surface area (Å²) in [6, 6.07) is 9.38. The average molecular weight is 461 g/mol. The Morgan fingerprint density at radius 2 is 1.76 bits per heavy atom. The largest absolute Gasteiger partial charge is 0.384 e. The van der Waals surface area contributed by atoms with Gasteiger partial charge in [0.05, 0.1) is 11.9 Å². The smallest absolute Gasteiger partial charge is 0.255 e. The molecule has 3 saturated heterocycles. The summed E-state index contributed by atoms with van der Waals surface area (Å²) in [4.78, 5) is 47.4. The second kappa shape index (κ2) is 7.72. The highest BCUT2D eigenvalue weighted by Crippen LogP contribution is 2.44. The molecule has 6 rings (SSSR count). The molecule has 1 atom stereocenters. The van der Waals surface area contributed by atoms with Crippen molar-refractivity contribution in [1.29, 1.82) is 0 Å². The minimum atomic E-state index is -0.574. The Hall–Kier alpha value is -3.62. The van der Waals surface area contributed by atoms with E-state index in [-0.39, 0.29) is 24.1 Å². The number of rotatable bonds is 3. The van der Waals surface area contributed by atoms with Gasteiger partial charge >= 0.3 is 0 Å². The van der Waals surface area contributed by atoms with Gasteiger partial charge < -0.3 is 20.4 Å². The van der Waals surface area contributed by atoms with Crippen molar-refractivity contribution in [2.45, 2.75) is 38.3 Å². The summed E-state index contributed by atoms with van der Waals surface area (Å²) < 4.78 is 0. The molecule has 1 aromatic carbocycles. The number of hydrogen-bond acceptors (Lipinski definition) is 7. The third kappa shape index (κ3) is 3.46. The van der Waals surface area contributed by atoms with Crippen molar-refractivity contribution < 1.29 is 14.4 Å². The summed E-state index contributed by atoms with van der Waals surface area (Å²) in [6.45, 7) is 4.40. The minimum Gasteiger partial charge on any atom is -0.384 e. The molecular weight excluding hydrogens is 432 g/mol. The first-order chi connectivity index (χ1) is 16.4. The van der Waals surface area contributed by atoms with Gasteiger partial charge in [0.15, 0.2) is 0 Å². The average Bonchev–Trinajstić information content (AvgIpc) is 3.14. The predicted octanol–water partition coefficient (Wildman–Crippen LogP) is 1.53. The van der Waals surface area contributed by atoms with Crippen molar-refractivity contribution in [1.82, 2.24) is 15.2 Å². The number of fused-ring (bicyclic) bond motifs is 1. The molecule has 0 radical (unpaired) electrons. The zero-order valence-electron chi connectivity index (χ0n) is 19.0. The van der Waals surface area contributed by atoms with E-state index < -0.39 is 6.04 Å². The maximum Gasteiger partial charge on any atom is 0.255 e. The van der Waals surface area contributed by atoms with E-state index in [1.54, 1.807) is 4.90 Å². The van der Waals surface area contributed by atoms with Gasteiger partial charge in [-0.3, -0.25) is 19.7 Å². The van der Waals surface area contributed by atoms with E-state index in [4.69, 9.17) is 5.73 Å².